The van der Waals surface area contributed by atoms with Gasteiger partial charge in [-0.15, -0.1) is 0 Å². The van der Waals surface area contributed by atoms with Crippen LogP contribution in [0.15, 0.2) is 71.6 Å². The Bertz CT molecular complexity index is 1290. The topological polar surface area (TPSA) is 103 Å². The van der Waals surface area contributed by atoms with Crippen molar-refractivity contribution in [2.24, 2.45) is 0 Å². The van der Waals surface area contributed by atoms with Gasteiger partial charge in [0.2, 0.25) is 5.91 Å². The quantitative estimate of drug-likeness (QED) is 0.415. The van der Waals surface area contributed by atoms with E-state index < -0.39 is 28.5 Å². The number of anilines is 1. The summed E-state index contributed by atoms with van der Waals surface area (Å²) in [6, 6.07) is 17.3. The minimum Gasteiger partial charge on any atom is -0.497 e. The Hall–Kier alpha value is -3.92. The van der Waals surface area contributed by atoms with E-state index in [0.29, 0.717) is 28.6 Å². The van der Waals surface area contributed by atoms with E-state index in [1.165, 1.54) is 33.5 Å². The number of para-hydroxylation sites is 2. The lowest BCUT2D eigenvalue weighted by atomic mass is 10.1. The molecule has 192 valence electrons. The van der Waals surface area contributed by atoms with Crippen LogP contribution in [0.1, 0.15) is 18.5 Å². The van der Waals surface area contributed by atoms with E-state index in [-0.39, 0.29) is 10.6 Å². The van der Waals surface area contributed by atoms with Crippen molar-refractivity contribution >= 4 is 21.6 Å². The van der Waals surface area contributed by atoms with E-state index in [4.69, 9.17) is 18.9 Å². The average molecular weight is 515 g/mol. The first-order valence-corrected chi connectivity index (χ1v) is 12.5. The van der Waals surface area contributed by atoms with Gasteiger partial charge in [-0.05, 0) is 61.5 Å². The van der Waals surface area contributed by atoms with E-state index in [1.807, 2.05) is 0 Å². The van der Waals surface area contributed by atoms with E-state index >= 15 is 0 Å². The van der Waals surface area contributed by atoms with Crippen LogP contribution >= 0.6 is 0 Å². The molecule has 3 aromatic carbocycles. The molecule has 0 saturated carbocycles. The van der Waals surface area contributed by atoms with Crippen LogP contribution in [0.2, 0.25) is 0 Å². The summed E-state index contributed by atoms with van der Waals surface area (Å²) in [5.74, 6) is 1.47. The molecule has 1 amide bonds. The summed E-state index contributed by atoms with van der Waals surface area (Å²) >= 11 is 0. The number of nitrogens with one attached hydrogen (secondary N) is 1. The molecule has 0 saturated heterocycles. The molecule has 1 N–H and O–H groups in total. The maximum absolute atomic E-state index is 13.7. The molecule has 3 aromatic rings. The van der Waals surface area contributed by atoms with Gasteiger partial charge in [0.05, 0.1) is 45.1 Å². The van der Waals surface area contributed by atoms with Crippen LogP contribution in [-0.2, 0) is 14.8 Å². The largest absolute Gasteiger partial charge is 0.497 e. The summed E-state index contributed by atoms with van der Waals surface area (Å²) in [5, 5.41) is 2.86. The van der Waals surface area contributed by atoms with Crippen molar-refractivity contribution in [1.82, 2.24) is 5.32 Å². The number of carbonyl (C=O) groups excluding carboxylic acids is 1. The predicted octanol–water partition coefficient (Wildman–Crippen LogP) is 3.79. The summed E-state index contributed by atoms with van der Waals surface area (Å²) < 4.78 is 49.6. The second-order valence-electron chi connectivity index (χ2n) is 7.76. The Morgan fingerprint density at radius 2 is 1.44 bits per heavy atom. The Labute approximate surface area is 211 Å². The zero-order valence-corrected chi connectivity index (χ0v) is 21.7. The first-order valence-electron chi connectivity index (χ1n) is 11.1. The van der Waals surface area contributed by atoms with Crippen molar-refractivity contribution in [3.8, 4) is 23.0 Å². The Balaban J connectivity index is 1.95. The van der Waals surface area contributed by atoms with Crippen LogP contribution in [0.25, 0.3) is 0 Å². The minimum absolute atomic E-state index is 0.00418. The number of ether oxygens (including phenoxy) is 4. The first kappa shape index (κ1) is 26.7. The highest BCUT2D eigenvalue weighted by molar-refractivity contribution is 7.92. The molecule has 1 atom stereocenters. The molecular weight excluding hydrogens is 484 g/mol. The lowest BCUT2D eigenvalue weighted by Crippen LogP contribution is -2.41. The van der Waals surface area contributed by atoms with Crippen LogP contribution in [0.5, 0.6) is 23.0 Å². The van der Waals surface area contributed by atoms with Gasteiger partial charge in [-0.3, -0.25) is 9.10 Å². The fourth-order valence-electron chi connectivity index (χ4n) is 3.68. The highest BCUT2D eigenvalue weighted by Crippen LogP contribution is 2.33. The van der Waals surface area contributed by atoms with Crippen LogP contribution in [0.3, 0.4) is 0 Å². The molecule has 0 fully saturated rings. The van der Waals surface area contributed by atoms with Crippen molar-refractivity contribution in [3.05, 3.63) is 72.3 Å². The van der Waals surface area contributed by atoms with Gasteiger partial charge < -0.3 is 24.3 Å². The molecular formula is C26H30N2O7S. The van der Waals surface area contributed by atoms with Gasteiger partial charge in [0.15, 0.2) is 0 Å². The maximum Gasteiger partial charge on any atom is 0.264 e. The molecule has 3 rings (SSSR count). The Kier molecular flexibility index (Phi) is 8.65. The van der Waals surface area contributed by atoms with E-state index in [9.17, 15) is 13.2 Å². The number of benzene rings is 3. The standard InChI is InChI=1S/C26H30N2O7S/c1-18(22-16-20(33-3)12-15-24(22)34-4)27-26(29)17-28(23-8-6-7-9-25(23)35-5)36(30,31)21-13-10-19(32-2)11-14-21/h6-16,18H,17H2,1-5H3,(H,27,29)/t18-/m0/s1. The molecule has 0 aliphatic heterocycles. The summed E-state index contributed by atoms with van der Waals surface area (Å²) in [6.07, 6.45) is 0. The summed E-state index contributed by atoms with van der Waals surface area (Å²) in [7, 11) is 1.87. The van der Waals surface area contributed by atoms with Gasteiger partial charge in [-0.1, -0.05) is 12.1 Å². The van der Waals surface area contributed by atoms with Crippen LogP contribution in [-0.4, -0.2) is 49.3 Å². The van der Waals surface area contributed by atoms with Crippen molar-refractivity contribution in [3.63, 3.8) is 0 Å². The van der Waals surface area contributed by atoms with Crippen LogP contribution in [0.4, 0.5) is 5.69 Å². The van der Waals surface area contributed by atoms with Crippen molar-refractivity contribution in [2.75, 3.05) is 39.3 Å². The molecule has 0 unspecified atom stereocenters. The van der Waals surface area contributed by atoms with Crippen molar-refractivity contribution in [1.29, 1.82) is 0 Å². The number of hydrogen-bond acceptors (Lipinski definition) is 7. The molecule has 0 aliphatic carbocycles. The fourth-order valence-corrected chi connectivity index (χ4v) is 5.11. The van der Waals surface area contributed by atoms with Gasteiger partial charge >= 0.3 is 0 Å². The third-order valence-electron chi connectivity index (χ3n) is 5.57. The molecule has 36 heavy (non-hydrogen) atoms. The number of hydrogen-bond donors (Lipinski definition) is 1. The summed E-state index contributed by atoms with van der Waals surface area (Å²) in [4.78, 5) is 13.2. The maximum atomic E-state index is 13.7. The molecule has 0 spiro atoms. The highest BCUT2D eigenvalue weighted by atomic mass is 32.2. The summed E-state index contributed by atoms with van der Waals surface area (Å²) in [5.41, 5.74) is 0.921. The molecule has 9 nitrogen and oxygen atoms in total. The molecule has 0 bridgehead atoms. The fraction of sp³-hybridized carbons (Fsp3) is 0.269. The number of sulfonamides is 1. The molecule has 10 heteroatoms. The Morgan fingerprint density at radius 3 is 2.06 bits per heavy atom. The third kappa shape index (κ3) is 5.83. The zero-order chi connectivity index (χ0) is 26.3. The van der Waals surface area contributed by atoms with E-state index in [2.05, 4.69) is 5.32 Å². The van der Waals surface area contributed by atoms with Gasteiger partial charge in [-0.2, -0.15) is 0 Å². The van der Waals surface area contributed by atoms with Gasteiger partial charge in [0.1, 0.15) is 29.5 Å². The van der Waals surface area contributed by atoms with Crippen molar-refractivity contribution in [2.45, 2.75) is 17.9 Å². The highest BCUT2D eigenvalue weighted by Gasteiger charge is 2.30. The number of methoxy groups -OCH3 is 4. The Morgan fingerprint density at radius 1 is 0.833 bits per heavy atom. The first-order chi connectivity index (χ1) is 17.2. The lowest BCUT2D eigenvalue weighted by molar-refractivity contribution is -0.120. The molecule has 0 aliphatic rings. The summed E-state index contributed by atoms with van der Waals surface area (Å²) in [6.45, 7) is 1.30. The number of nitrogens with zero attached hydrogens (tertiary/aromatic N) is 1. The molecule has 0 radical (unpaired) electrons. The number of rotatable bonds is 11. The van der Waals surface area contributed by atoms with E-state index in [1.54, 1.807) is 68.6 Å². The van der Waals surface area contributed by atoms with Crippen LogP contribution < -0.4 is 28.6 Å². The lowest BCUT2D eigenvalue weighted by Gasteiger charge is -2.26. The molecule has 0 aromatic heterocycles. The normalized spacial score (nSPS) is 11.8. The zero-order valence-electron chi connectivity index (χ0n) is 20.8. The second kappa shape index (κ2) is 11.7. The van der Waals surface area contributed by atoms with Crippen LogP contribution in [0, 0.1) is 0 Å². The smallest absolute Gasteiger partial charge is 0.264 e. The van der Waals surface area contributed by atoms with Gasteiger partial charge in [-0.25, -0.2) is 8.42 Å². The van der Waals surface area contributed by atoms with Gasteiger partial charge in [0, 0.05) is 5.56 Å². The number of amides is 1. The monoisotopic (exact) mass is 514 g/mol. The third-order valence-corrected chi connectivity index (χ3v) is 7.34. The van der Waals surface area contributed by atoms with Gasteiger partial charge in [0.25, 0.3) is 10.0 Å². The predicted molar refractivity (Wildman–Crippen MR) is 137 cm³/mol. The minimum atomic E-state index is -4.14. The number of carbonyl (C=O) groups is 1. The SMILES string of the molecule is COc1ccc(S(=O)(=O)N(CC(=O)N[C@@H](C)c2cc(OC)ccc2OC)c2ccccc2OC)cc1. The van der Waals surface area contributed by atoms with Crippen molar-refractivity contribution < 1.29 is 32.2 Å². The second-order valence-corrected chi connectivity index (χ2v) is 9.62. The molecule has 0 heterocycles. The van der Waals surface area contributed by atoms with E-state index in [0.717, 1.165) is 4.31 Å². The average Bonchev–Trinajstić information content (AvgIpc) is 2.91.